The monoisotopic (exact) mass is 423 g/mol. The Hall–Kier alpha value is -2.83. The third kappa shape index (κ3) is 4.45. The first kappa shape index (κ1) is 21.4. The van der Waals surface area contributed by atoms with Crippen molar-refractivity contribution in [3.63, 3.8) is 0 Å². The maximum atomic E-state index is 13.4. The Morgan fingerprint density at radius 2 is 1.90 bits per heavy atom. The van der Waals surface area contributed by atoms with Gasteiger partial charge in [-0.05, 0) is 57.0 Å². The van der Waals surface area contributed by atoms with E-state index in [0.29, 0.717) is 35.6 Å². The van der Waals surface area contributed by atoms with E-state index in [-0.39, 0.29) is 11.5 Å². The van der Waals surface area contributed by atoms with Gasteiger partial charge in [0, 0.05) is 19.7 Å². The molecule has 2 heterocycles. The first-order chi connectivity index (χ1) is 15.0. The first-order valence-corrected chi connectivity index (χ1v) is 10.7. The minimum atomic E-state index is -0.0332. The summed E-state index contributed by atoms with van der Waals surface area (Å²) in [5.74, 6) is 2.12. The second-order valence-electron chi connectivity index (χ2n) is 8.11. The molecule has 0 saturated heterocycles. The zero-order chi connectivity index (χ0) is 22.0. The molecule has 1 aliphatic rings. The van der Waals surface area contributed by atoms with Crippen LogP contribution in [0, 0.1) is 6.92 Å². The van der Waals surface area contributed by atoms with Gasteiger partial charge in [-0.3, -0.25) is 9.69 Å². The normalized spacial score (nSPS) is 14.0. The summed E-state index contributed by atoms with van der Waals surface area (Å²) in [5, 5.41) is 0.573. The lowest BCUT2D eigenvalue weighted by Crippen LogP contribution is -2.33. The van der Waals surface area contributed by atoms with Crippen molar-refractivity contribution >= 4 is 11.0 Å². The molecule has 0 amide bonds. The molecule has 0 radical (unpaired) electrons. The molecule has 6 heteroatoms. The van der Waals surface area contributed by atoms with Gasteiger partial charge >= 0.3 is 0 Å². The van der Waals surface area contributed by atoms with E-state index in [4.69, 9.17) is 18.6 Å². The molecular weight excluding hydrogens is 394 g/mol. The summed E-state index contributed by atoms with van der Waals surface area (Å²) < 4.78 is 23.0. The quantitative estimate of drug-likeness (QED) is 0.512. The van der Waals surface area contributed by atoms with Gasteiger partial charge in [0.05, 0.1) is 29.7 Å². The number of methoxy groups -OCH3 is 1. The van der Waals surface area contributed by atoms with E-state index in [1.165, 1.54) is 0 Å². The summed E-state index contributed by atoms with van der Waals surface area (Å²) in [6.07, 6.45) is 1.16. The van der Waals surface area contributed by atoms with E-state index in [1.807, 2.05) is 51.1 Å². The van der Waals surface area contributed by atoms with Gasteiger partial charge in [0.2, 0.25) is 5.43 Å². The molecule has 0 saturated carbocycles. The van der Waals surface area contributed by atoms with Gasteiger partial charge in [-0.1, -0.05) is 12.1 Å². The van der Waals surface area contributed by atoms with Gasteiger partial charge in [-0.15, -0.1) is 0 Å². The number of ether oxygens (including phenoxy) is 3. The summed E-state index contributed by atoms with van der Waals surface area (Å²) in [6, 6.07) is 11.1. The van der Waals surface area contributed by atoms with Crippen LogP contribution in [-0.2, 0) is 11.3 Å². The lowest BCUT2D eigenvalue weighted by molar-refractivity contribution is 0.0525. The Labute approximate surface area is 182 Å². The summed E-state index contributed by atoms with van der Waals surface area (Å²) in [5.41, 5.74) is 2.90. The van der Waals surface area contributed by atoms with Crippen molar-refractivity contribution in [1.29, 1.82) is 0 Å². The Kier molecular flexibility index (Phi) is 6.30. The zero-order valence-electron chi connectivity index (χ0n) is 18.6. The molecule has 0 spiro atoms. The number of hydrogen-bond donors (Lipinski definition) is 0. The van der Waals surface area contributed by atoms with E-state index < -0.39 is 0 Å². The lowest BCUT2D eigenvalue weighted by atomic mass is 10.0. The smallest absolute Gasteiger partial charge is 0.200 e. The van der Waals surface area contributed by atoms with Crippen LogP contribution >= 0.6 is 0 Å². The third-order valence-corrected chi connectivity index (χ3v) is 5.53. The van der Waals surface area contributed by atoms with Gasteiger partial charge in [0.15, 0.2) is 0 Å². The van der Waals surface area contributed by atoms with E-state index in [9.17, 15) is 4.79 Å². The number of hydrogen-bond acceptors (Lipinski definition) is 6. The second kappa shape index (κ2) is 9.12. The largest absolute Gasteiger partial charge is 0.497 e. The molecule has 4 rings (SSSR count). The predicted octanol–water partition coefficient (Wildman–Crippen LogP) is 4.74. The molecule has 0 N–H and O–H groups in total. The van der Waals surface area contributed by atoms with Crippen molar-refractivity contribution in [3.8, 4) is 22.6 Å². The second-order valence-corrected chi connectivity index (χ2v) is 8.11. The number of nitrogens with zero attached hydrogens (tertiary/aromatic N) is 1. The molecule has 0 atom stereocenters. The van der Waals surface area contributed by atoms with Crippen molar-refractivity contribution in [2.75, 3.05) is 27.0 Å². The van der Waals surface area contributed by atoms with Crippen LogP contribution < -0.4 is 14.9 Å². The van der Waals surface area contributed by atoms with Gasteiger partial charge in [-0.2, -0.15) is 0 Å². The SMILES string of the molecule is COc1ccc(-c2c(C)oc3c4c(ccc3c2=O)OCN(CCCOC(C)C)C4)cc1. The maximum absolute atomic E-state index is 13.4. The van der Waals surface area contributed by atoms with Crippen LogP contribution in [0.5, 0.6) is 11.5 Å². The van der Waals surface area contributed by atoms with Crippen LogP contribution in [0.4, 0.5) is 0 Å². The molecule has 1 aromatic heterocycles. The molecule has 0 unspecified atom stereocenters. The molecule has 2 aromatic carbocycles. The summed E-state index contributed by atoms with van der Waals surface area (Å²) >= 11 is 0. The Morgan fingerprint density at radius 1 is 1.13 bits per heavy atom. The molecule has 3 aromatic rings. The van der Waals surface area contributed by atoms with E-state index >= 15 is 0 Å². The van der Waals surface area contributed by atoms with E-state index in [1.54, 1.807) is 13.2 Å². The molecule has 6 nitrogen and oxygen atoms in total. The lowest BCUT2D eigenvalue weighted by Gasteiger charge is -2.29. The Morgan fingerprint density at radius 3 is 2.61 bits per heavy atom. The number of aryl methyl sites for hydroxylation is 1. The summed E-state index contributed by atoms with van der Waals surface area (Å²) in [6.45, 7) is 8.69. The average molecular weight is 424 g/mol. The number of benzene rings is 2. The van der Waals surface area contributed by atoms with Crippen molar-refractivity contribution in [3.05, 3.63) is 57.9 Å². The summed E-state index contributed by atoms with van der Waals surface area (Å²) in [4.78, 5) is 15.6. The fourth-order valence-corrected chi connectivity index (χ4v) is 3.96. The van der Waals surface area contributed by atoms with Crippen molar-refractivity contribution in [2.45, 2.75) is 39.8 Å². The van der Waals surface area contributed by atoms with Gasteiger partial charge in [-0.25, -0.2) is 0 Å². The minimum absolute atomic E-state index is 0.0332. The van der Waals surface area contributed by atoms with Crippen LogP contribution in [0.15, 0.2) is 45.6 Å². The molecular formula is C25H29NO5. The first-order valence-electron chi connectivity index (χ1n) is 10.7. The van der Waals surface area contributed by atoms with E-state index in [2.05, 4.69) is 4.90 Å². The average Bonchev–Trinajstić information content (AvgIpc) is 2.77. The van der Waals surface area contributed by atoms with Crippen molar-refractivity contribution in [2.24, 2.45) is 0 Å². The topological polar surface area (TPSA) is 61.1 Å². The Bertz CT molecular complexity index is 1120. The minimum Gasteiger partial charge on any atom is -0.497 e. The number of rotatable bonds is 7. The highest BCUT2D eigenvalue weighted by Crippen LogP contribution is 2.34. The fraction of sp³-hybridized carbons (Fsp3) is 0.400. The molecule has 164 valence electrons. The Balaban J connectivity index is 1.65. The molecule has 1 aliphatic heterocycles. The molecule has 0 bridgehead atoms. The molecule has 0 aliphatic carbocycles. The zero-order valence-corrected chi connectivity index (χ0v) is 18.6. The maximum Gasteiger partial charge on any atom is 0.200 e. The van der Waals surface area contributed by atoms with Crippen LogP contribution in [0.1, 0.15) is 31.6 Å². The van der Waals surface area contributed by atoms with E-state index in [0.717, 1.165) is 42.2 Å². The van der Waals surface area contributed by atoms with Crippen LogP contribution in [0.25, 0.3) is 22.1 Å². The van der Waals surface area contributed by atoms with Gasteiger partial charge in [0.25, 0.3) is 0 Å². The van der Waals surface area contributed by atoms with Gasteiger partial charge in [0.1, 0.15) is 29.6 Å². The predicted molar refractivity (Wildman–Crippen MR) is 121 cm³/mol. The van der Waals surface area contributed by atoms with Crippen LogP contribution in [0.3, 0.4) is 0 Å². The summed E-state index contributed by atoms with van der Waals surface area (Å²) in [7, 11) is 1.62. The molecule has 0 fully saturated rings. The highest BCUT2D eigenvalue weighted by atomic mass is 16.5. The molecule has 31 heavy (non-hydrogen) atoms. The highest BCUT2D eigenvalue weighted by molar-refractivity contribution is 5.86. The van der Waals surface area contributed by atoms with Crippen molar-refractivity contribution < 1.29 is 18.6 Å². The standard InChI is InChI=1S/C25H29NO5/c1-16(2)29-13-5-12-26-14-21-22(30-15-26)11-10-20-24(27)23(17(3)31-25(20)21)18-6-8-19(28-4)9-7-18/h6-11,16H,5,12-15H2,1-4H3. The van der Waals surface area contributed by atoms with Crippen LogP contribution in [0.2, 0.25) is 0 Å². The highest BCUT2D eigenvalue weighted by Gasteiger charge is 2.23. The van der Waals surface area contributed by atoms with Gasteiger partial charge < -0.3 is 18.6 Å². The van der Waals surface area contributed by atoms with Crippen molar-refractivity contribution in [1.82, 2.24) is 4.90 Å². The number of fused-ring (bicyclic) bond motifs is 3. The third-order valence-electron chi connectivity index (χ3n) is 5.53. The fourth-order valence-electron chi connectivity index (χ4n) is 3.96. The van der Waals surface area contributed by atoms with Crippen LogP contribution in [-0.4, -0.2) is 38.0 Å².